The van der Waals surface area contributed by atoms with E-state index in [1.165, 1.54) is 30.5 Å². The number of fused-ring (bicyclic) bond motifs is 1. The van der Waals surface area contributed by atoms with Gasteiger partial charge in [0.1, 0.15) is 11.9 Å². The molecule has 5 nitrogen and oxygen atoms in total. The van der Waals surface area contributed by atoms with Gasteiger partial charge in [-0.15, -0.1) is 0 Å². The van der Waals surface area contributed by atoms with E-state index in [-0.39, 0.29) is 10.6 Å². The van der Waals surface area contributed by atoms with Crippen molar-refractivity contribution in [1.82, 2.24) is 4.98 Å². The Morgan fingerprint density at radius 3 is 2.86 bits per heavy atom. The van der Waals surface area contributed by atoms with Gasteiger partial charge in [-0.1, -0.05) is 18.2 Å². The number of aromatic nitrogens is 1. The number of benzene rings is 1. The SMILES string of the molecule is O=[N+]([O-])c1cnc2ccccc2c1NCC1CCSCC1. The molecule has 0 amide bonds. The van der Waals surface area contributed by atoms with Crippen LogP contribution in [0.1, 0.15) is 12.8 Å². The van der Waals surface area contributed by atoms with Crippen molar-refractivity contribution in [3.05, 3.63) is 40.6 Å². The third kappa shape index (κ3) is 3.10. The monoisotopic (exact) mass is 303 g/mol. The molecule has 21 heavy (non-hydrogen) atoms. The first-order valence-electron chi connectivity index (χ1n) is 7.09. The minimum atomic E-state index is -0.363. The molecule has 1 aliphatic heterocycles. The molecule has 0 saturated carbocycles. The fourth-order valence-electron chi connectivity index (χ4n) is 2.65. The van der Waals surface area contributed by atoms with Gasteiger partial charge in [-0.05, 0) is 36.3 Å². The van der Waals surface area contributed by atoms with E-state index >= 15 is 0 Å². The molecule has 6 heteroatoms. The zero-order chi connectivity index (χ0) is 14.7. The van der Waals surface area contributed by atoms with Gasteiger partial charge in [0.05, 0.1) is 10.4 Å². The molecule has 0 atom stereocenters. The Labute approximate surface area is 127 Å². The van der Waals surface area contributed by atoms with E-state index in [1.807, 2.05) is 36.0 Å². The maximum Gasteiger partial charge on any atom is 0.311 e. The molecular formula is C15H17N3O2S. The largest absolute Gasteiger partial charge is 0.379 e. The summed E-state index contributed by atoms with van der Waals surface area (Å²) in [7, 11) is 0. The van der Waals surface area contributed by atoms with Gasteiger partial charge in [0.25, 0.3) is 0 Å². The van der Waals surface area contributed by atoms with Gasteiger partial charge < -0.3 is 5.32 Å². The summed E-state index contributed by atoms with van der Waals surface area (Å²) in [5.41, 5.74) is 1.44. The molecule has 110 valence electrons. The highest BCUT2D eigenvalue weighted by Gasteiger charge is 2.20. The fraction of sp³-hybridized carbons (Fsp3) is 0.400. The Morgan fingerprint density at radius 2 is 2.10 bits per heavy atom. The van der Waals surface area contributed by atoms with Crippen LogP contribution in [-0.2, 0) is 0 Å². The molecular weight excluding hydrogens is 286 g/mol. The molecule has 1 saturated heterocycles. The van der Waals surface area contributed by atoms with E-state index in [1.54, 1.807) is 0 Å². The molecule has 2 aromatic rings. The first-order valence-corrected chi connectivity index (χ1v) is 8.25. The predicted octanol–water partition coefficient (Wildman–Crippen LogP) is 3.70. The lowest BCUT2D eigenvalue weighted by Crippen LogP contribution is -2.19. The Morgan fingerprint density at radius 1 is 1.33 bits per heavy atom. The van der Waals surface area contributed by atoms with E-state index in [2.05, 4.69) is 10.3 Å². The minimum Gasteiger partial charge on any atom is -0.379 e. The highest BCUT2D eigenvalue weighted by Crippen LogP contribution is 2.32. The Hall–Kier alpha value is -1.82. The van der Waals surface area contributed by atoms with Gasteiger partial charge in [0.2, 0.25) is 0 Å². The normalized spacial score (nSPS) is 16.0. The molecule has 0 radical (unpaired) electrons. The van der Waals surface area contributed by atoms with Crippen LogP contribution in [0.5, 0.6) is 0 Å². The van der Waals surface area contributed by atoms with Gasteiger partial charge in [-0.3, -0.25) is 10.1 Å². The summed E-state index contributed by atoms with van der Waals surface area (Å²) in [6.45, 7) is 0.787. The number of anilines is 1. The van der Waals surface area contributed by atoms with Crippen molar-refractivity contribution < 1.29 is 4.92 Å². The number of pyridine rings is 1. The fourth-order valence-corrected chi connectivity index (χ4v) is 3.86. The molecule has 1 aromatic heterocycles. The second-order valence-corrected chi connectivity index (χ2v) is 6.45. The van der Waals surface area contributed by atoms with Crippen LogP contribution >= 0.6 is 11.8 Å². The van der Waals surface area contributed by atoms with Crippen LogP contribution in [0.2, 0.25) is 0 Å². The lowest BCUT2D eigenvalue weighted by atomic mass is 10.0. The van der Waals surface area contributed by atoms with E-state index in [0.29, 0.717) is 11.6 Å². The van der Waals surface area contributed by atoms with Gasteiger partial charge >= 0.3 is 5.69 Å². The number of nitrogens with zero attached hydrogens (tertiary/aromatic N) is 2. The van der Waals surface area contributed by atoms with Crippen LogP contribution in [0.4, 0.5) is 11.4 Å². The standard InChI is InChI=1S/C15H17N3O2S/c19-18(20)14-10-16-13-4-2-1-3-12(13)15(14)17-9-11-5-7-21-8-6-11/h1-4,10-11H,5-9H2,(H,16,17). The third-order valence-electron chi connectivity index (χ3n) is 3.86. The number of para-hydroxylation sites is 1. The smallest absolute Gasteiger partial charge is 0.311 e. The van der Waals surface area contributed by atoms with Crippen LogP contribution in [0.15, 0.2) is 30.5 Å². The number of hydrogen-bond donors (Lipinski definition) is 1. The summed E-state index contributed by atoms with van der Waals surface area (Å²) >= 11 is 1.98. The molecule has 0 bridgehead atoms. The van der Waals surface area contributed by atoms with Gasteiger partial charge in [0.15, 0.2) is 0 Å². The van der Waals surface area contributed by atoms with E-state index < -0.39 is 0 Å². The molecule has 1 fully saturated rings. The van der Waals surface area contributed by atoms with Gasteiger partial charge in [-0.2, -0.15) is 11.8 Å². The van der Waals surface area contributed by atoms with Crippen molar-refractivity contribution in [3.8, 4) is 0 Å². The Kier molecular flexibility index (Phi) is 4.24. The van der Waals surface area contributed by atoms with Crippen LogP contribution < -0.4 is 5.32 Å². The zero-order valence-electron chi connectivity index (χ0n) is 11.6. The highest BCUT2D eigenvalue weighted by atomic mass is 32.2. The quantitative estimate of drug-likeness (QED) is 0.689. The maximum absolute atomic E-state index is 11.2. The summed E-state index contributed by atoms with van der Waals surface area (Å²) in [5, 5.41) is 15.4. The summed E-state index contributed by atoms with van der Waals surface area (Å²) in [6.07, 6.45) is 3.70. The number of nitrogens with one attached hydrogen (secondary N) is 1. The van der Waals surface area contributed by atoms with Crippen molar-refractivity contribution in [1.29, 1.82) is 0 Å². The number of nitro groups is 1. The van der Waals surface area contributed by atoms with Crippen molar-refractivity contribution >= 4 is 34.0 Å². The topological polar surface area (TPSA) is 68.1 Å². The first-order chi connectivity index (χ1) is 10.3. The molecule has 1 aliphatic rings. The molecule has 3 rings (SSSR count). The average molecular weight is 303 g/mol. The molecule has 1 aromatic carbocycles. The predicted molar refractivity (Wildman–Crippen MR) is 86.9 cm³/mol. The second kappa shape index (κ2) is 6.30. The second-order valence-electron chi connectivity index (χ2n) is 5.23. The summed E-state index contributed by atoms with van der Waals surface area (Å²) < 4.78 is 0. The summed E-state index contributed by atoms with van der Waals surface area (Å²) in [6, 6.07) is 7.54. The number of hydrogen-bond acceptors (Lipinski definition) is 5. The van der Waals surface area contributed by atoms with Gasteiger partial charge in [-0.25, -0.2) is 4.98 Å². The minimum absolute atomic E-state index is 0.0545. The Balaban J connectivity index is 1.90. The van der Waals surface area contributed by atoms with Crippen LogP contribution in [0.25, 0.3) is 10.9 Å². The molecule has 0 aliphatic carbocycles. The summed E-state index contributed by atoms with van der Waals surface area (Å²) in [5.74, 6) is 2.97. The molecule has 1 N–H and O–H groups in total. The lowest BCUT2D eigenvalue weighted by Gasteiger charge is -2.22. The number of thioether (sulfide) groups is 1. The molecule has 0 spiro atoms. The van der Waals surface area contributed by atoms with E-state index in [9.17, 15) is 10.1 Å². The molecule has 2 heterocycles. The van der Waals surface area contributed by atoms with Crippen LogP contribution in [-0.4, -0.2) is 28.0 Å². The average Bonchev–Trinajstić information content (AvgIpc) is 2.53. The highest BCUT2D eigenvalue weighted by molar-refractivity contribution is 7.99. The Bertz CT molecular complexity index is 656. The zero-order valence-corrected chi connectivity index (χ0v) is 12.4. The van der Waals surface area contributed by atoms with Crippen molar-refractivity contribution in [2.24, 2.45) is 5.92 Å². The lowest BCUT2D eigenvalue weighted by molar-refractivity contribution is -0.384. The molecule has 0 unspecified atom stereocenters. The van der Waals surface area contributed by atoms with Crippen molar-refractivity contribution in [2.45, 2.75) is 12.8 Å². The van der Waals surface area contributed by atoms with E-state index in [0.717, 1.165) is 17.4 Å². The van der Waals surface area contributed by atoms with Crippen molar-refractivity contribution in [2.75, 3.05) is 23.4 Å². The maximum atomic E-state index is 11.2. The number of rotatable bonds is 4. The van der Waals surface area contributed by atoms with Crippen molar-refractivity contribution in [3.63, 3.8) is 0 Å². The van der Waals surface area contributed by atoms with Crippen LogP contribution in [0, 0.1) is 16.0 Å². The van der Waals surface area contributed by atoms with Gasteiger partial charge in [0, 0.05) is 11.9 Å². The summed E-state index contributed by atoms with van der Waals surface area (Å²) in [4.78, 5) is 15.0. The first kappa shape index (κ1) is 14.1. The van der Waals surface area contributed by atoms with Crippen LogP contribution in [0.3, 0.4) is 0 Å². The van der Waals surface area contributed by atoms with E-state index in [4.69, 9.17) is 0 Å². The third-order valence-corrected chi connectivity index (χ3v) is 4.91.